The number of fused-ring (bicyclic) bond motifs is 1. The molecular formula is C18H29N3O2S. The van der Waals surface area contributed by atoms with Gasteiger partial charge in [-0.2, -0.15) is 5.10 Å². The maximum Gasteiger partial charge on any atom is 0.232 e. The summed E-state index contributed by atoms with van der Waals surface area (Å²) in [5.74, 6) is 1.72. The molecule has 1 aromatic rings. The average Bonchev–Trinajstić information content (AvgIpc) is 2.79. The summed E-state index contributed by atoms with van der Waals surface area (Å²) in [6.07, 6.45) is 6.78. The topological polar surface area (TPSA) is 47.4 Å². The molecule has 0 aromatic carbocycles. The van der Waals surface area contributed by atoms with E-state index in [1.54, 1.807) is 11.8 Å². The van der Waals surface area contributed by atoms with Crippen molar-refractivity contribution in [2.45, 2.75) is 52.2 Å². The van der Waals surface area contributed by atoms with E-state index in [1.165, 1.54) is 24.1 Å². The minimum Gasteiger partial charge on any atom is -0.377 e. The maximum atomic E-state index is 12.7. The highest BCUT2D eigenvalue weighted by Crippen LogP contribution is 2.30. The van der Waals surface area contributed by atoms with E-state index >= 15 is 0 Å². The zero-order valence-corrected chi connectivity index (χ0v) is 15.9. The van der Waals surface area contributed by atoms with Gasteiger partial charge in [0.1, 0.15) is 0 Å². The normalized spacial score (nSPS) is 23.6. The highest BCUT2D eigenvalue weighted by atomic mass is 32.2. The predicted octanol–water partition coefficient (Wildman–Crippen LogP) is 2.63. The zero-order valence-electron chi connectivity index (χ0n) is 15.1. The molecule has 5 nitrogen and oxygen atoms in total. The van der Waals surface area contributed by atoms with Crippen LogP contribution in [-0.2, 0) is 29.5 Å². The number of hydrogen-bond donors (Lipinski definition) is 0. The number of thioether (sulfide) groups is 1. The summed E-state index contributed by atoms with van der Waals surface area (Å²) >= 11 is 1.72. The van der Waals surface area contributed by atoms with Crippen LogP contribution in [-0.4, -0.2) is 51.3 Å². The number of rotatable bonds is 4. The lowest BCUT2D eigenvalue weighted by molar-refractivity contribution is -0.130. The Labute approximate surface area is 149 Å². The molecule has 3 rings (SSSR count). The molecule has 0 radical (unpaired) electrons. The predicted molar refractivity (Wildman–Crippen MR) is 97.0 cm³/mol. The van der Waals surface area contributed by atoms with Crippen LogP contribution in [0.3, 0.4) is 0 Å². The van der Waals surface area contributed by atoms with Crippen molar-refractivity contribution < 1.29 is 9.53 Å². The molecule has 1 fully saturated rings. The Bertz CT molecular complexity index is 579. The Balaban J connectivity index is 1.57. The minimum absolute atomic E-state index is 0.0752. The Hall–Kier alpha value is -1.01. The minimum atomic E-state index is 0.0752. The molecule has 1 saturated heterocycles. The van der Waals surface area contributed by atoms with Gasteiger partial charge in [0.15, 0.2) is 0 Å². The second-order valence-electron chi connectivity index (χ2n) is 7.83. The van der Waals surface area contributed by atoms with Crippen molar-refractivity contribution >= 4 is 17.7 Å². The van der Waals surface area contributed by atoms with Crippen LogP contribution in [0.5, 0.6) is 0 Å². The second kappa shape index (κ2) is 7.48. The molecule has 0 saturated carbocycles. The fraction of sp³-hybridized carbons (Fsp3) is 0.778. The van der Waals surface area contributed by atoms with E-state index in [9.17, 15) is 4.79 Å². The van der Waals surface area contributed by atoms with E-state index in [-0.39, 0.29) is 11.3 Å². The van der Waals surface area contributed by atoms with Gasteiger partial charge in [0.2, 0.25) is 5.91 Å². The maximum absolute atomic E-state index is 12.7. The monoisotopic (exact) mass is 351 g/mol. The summed E-state index contributed by atoms with van der Waals surface area (Å²) in [5, 5.41) is 4.38. The van der Waals surface area contributed by atoms with E-state index in [0.717, 1.165) is 31.7 Å². The molecule has 0 N–H and O–H groups in total. The highest BCUT2D eigenvalue weighted by molar-refractivity contribution is 7.99. The molecule has 1 amide bonds. The second-order valence-corrected chi connectivity index (χ2v) is 8.86. The molecule has 2 aliphatic heterocycles. The van der Waals surface area contributed by atoms with Gasteiger partial charge in [-0.3, -0.25) is 9.48 Å². The SMILES string of the molecule is Cn1ncc2c1CC(C)(C)CN(C(=O)CSCC1CCCCO1)C2. The number of carbonyl (C=O) groups is 1. The molecule has 3 heterocycles. The van der Waals surface area contributed by atoms with Crippen LogP contribution in [0.15, 0.2) is 6.20 Å². The number of hydrogen-bond acceptors (Lipinski definition) is 4. The quantitative estimate of drug-likeness (QED) is 0.837. The molecule has 0 spiro atoms. The number of carbonyl (C=O) groups excluding carboxylic acids is 1. The third kappa shape index (κ3) is 4.33. The Kier molecular flexibility index (Phi) is 5.55. The first kappa shape index (κ1) is 17.8. The van der Waals surface area contributed by atoms with Crippen LogP contribution in [0.2, 0.25) is 0 Å². The van der Waals surface area contributed by atoms with Crippen LogP contribution in [0.1, 0.15) is 44.4 Å². The molecular weight excluding hydrogens is 322 g/mol. The first-order valence-corrected chi connectivity index (χ1v) is 10.1. The molecule has 1 atom stereocenters. The van der Waals surface area contributed by atoms with Gasteiger partial charge >= 0.3 is 0 Å². The molecule has 134 valence electrons. The van der Waals surface area contributed by atoms with Crippen LogP contribution < -0.4 is 0 Å². The highest BCUT2D eigenvalue weighted by Gasteiger charge is 2.31. The van der Waals surface area contributed by atoms with E-state index in [4.69, 9.17) is 4.74 Å². The molecule has 0 aliphatic carbocycles. The molecule has 24 heavy (non-hydrogen) atoms. The van der Waals surface area contributed by atoms with Crippen LogP contribution in [0, 0.1) is 5.41 Å². The lowest BCUT2D eigenvalue weighted by Crippen LogP contribution is -2.38. The van der Waals surface area contributed by atoms with Crippen molar-refractivity contribution in [3.8, 4) is 0 Å². The summed E-state index contributed by atoms with van der Waals surface area (Å²) in [5.41, 5.74) is 2.53. The lowest BCUT2D eigenvalue weighted by Gasteiger charge is -2.30. The summed E-state index contributed by atoms with van der Waals surface area (Å²) in [7, 11) is 1.99. The number of ether oxygens (including phenoxy) is 1. The molecule has 6 heteroatoms. The van der Waals surface area contributed by atoms with Gasteiger partial charge in [0.05, 0.1) is 18.1 Å². The number of nitrogens with zero attached hydrogens (tertiary/aromatic N) is 3. The van der Waals surface area contributed by atoms with Gasteiger partial charge < -0.3 is 9.64 Å². The van der Waals surface area contributed by atoms with Gasteiger partial charge in [-0.25, -0.2) is 0 Å². The Morgan fingerprint density at radius 3 is 3.04 bits per heavy atom. The van der Waals surface area contributed by atoms with Gasteiger partial charge in [-0.15, -0.1) is 11.8 Å². The largest absolute Gasteiger partial charge is 0.377 e. The van der Waals surface area contributed by atoms with Crippen LogP contribution in [0.25, 0.3) is 0 Å². The molecule has 1 aromatic heterocycles. The van der Waals surface area contributed by atoms with Crippen LogP contribution in [0.4, 0.5) is 0 Å². The van der Waals surface area contributed by atoms with E-state index < -0.39 is 0 Å². The van der Waals surface area contributed by atoms with Gasteiger partial charge in [-0.05, 0) is 31.1 Å². The van der Waals surface area contributed by atoms with Crippen molar-refractivity contribution in [1.29, 1.82) is 0 Å². The summed E-state index contributed by atoms with van der Waals surface area (Å²) in [6.45, 7) is 6.84. The smallest absolute Gasteiger partial charge is 0.232 e. The van der Waals surface area contributed by atoms with Gasteiger partial charge in [0.25, 0.3) is 0 Å². The number of aryl methyl sites for hydroxylation is 1. The Morgan fingerprint density at radius 1 is 1.46 bits per heavy atom. The first-order valence-electron chi connectivity index (χ1n) is 8.91. The molecule has 0 bridgehead atoms. The van der Waals surface area contributed by atoms with Crippen LogP contribution >= 0.6 is 11.8 Å². The van der Waals surface area contributed by atoms with Crippen molar-refractivity contribution in [2.75, 3.05) is 24.7 Å². The lowest BCUT2D eigenvalue weighted by atomic mass is 9.87. The van der Waals surface area contributed by atoms with Gasteiger partial charge in [-0.1, -0.05) is 13.8 Å². The summed E-state index contributed by atoms with van der Waals surface area (Å²) in [4.78, 5) is 14.8. The van der Waals surface area contributed by atoms with E-state index in [1.807, 2.05) is 22.8 Å². The third-order valence-electron chi connectivity index (χ3n) is 4.93. The first-order chi connectivity index (χ1) is 11.4. The fourth-order valence-electron chi connectivity index (χ4n) is 3.64. The van der Waals surface area contributed by atoms with E-state index in [0.29, 0.717) is 18.4 Å². The van der Waals surface area contributed by atoms with Crippen molar-refractivity contribution in [3.63, 3.8) is 0 Å². The number of amides is 1. The fourth-order valence-corrected chi connectivity index (χ4v) is 4.64. The average molecular weight is 352 g/mol. The van der Waals surface area contributed by atoms with Crippen molar-refractivity contribution in [2.24, 2.45) is 12.5 Å². The number of aromatic nitrogens is 2. The van der Waals surface area contributed by atoms with Gasteiger partial charge in [0, 0.05) is 43.8 Å². The van der Waals surface area contributed by atoms with Crippen molar-refractivity contribution in [3.05, 3.63) is 17.5 Å². The molecule has 1 unspecified atom stereocenters. The van der Waals surface area contributed by atoms with E-state index in [2.05, 4.69) is 18.9 Å². The zero-order chi connectivity index (χ0) is 17.2. The summed E-state index contributed by atoms with van der Waals surface area (Å²) < 4.78 is 7.71. The third-order valence-corrected chi connectivity index (χ3v) is 5.99. The standard InChI is InChI=1S/C18H29N3O2S/c1-18(2)8-16-14(9-19-20(16)3)10-21(13-18)17(22)12-24-11-15-6-4-5-7-23-15/h9,15H,4-8,10-13H2,1-3H3. The van der Waals surface area contributed by atoms with Crippen molar-refractivity contribution in [1.82, 2.24) is 14.7 Å². The molecule has 2 aliphatic rings. The Morgan fingerprint density at radius 2 is 2.29 bits per heavy atom. The summed E-state index contributed by atoms with van der Waals surface area (Å²) in [6, 6.07) is 0.